The van der Waals surface area contributed by atoms with E-state index >= 15 is 0 Å². The Labute approximate surface area is 195 Å². The number of likely N-dealkylation sites (tertiary alicyclic amines) is 1. The lowest BCUT2D eigenvalue weighted by atomic mass is 9.89. The minimum absolute atomic E-state index is 0.0882. The van der Waals surface area contributed by atoms with Crippen LogP contribution in [0, 0.1) is 17.5 Å². The fourth-order valence-corrected chi connectivity index (χ4v) is 5.56. The van der Waals surface area contributed by atoms with Crippen molar-refractivity contribution in [3.05, 3.63) is 65.0 Å². The van der Waals surface area contributed by atoms with Crippen molar-refractivity contribution in [2.24, 2.45) is 0 Å². The van der Waals surface area contributed by atoms with Crippen LogP contribution in [0.25, 0.3) is 0 Å². The highest BCUT2D eigenvalue weighted by Crippen LogP contribution is 2.53. The average molecular weight is 474 g/mol. The first-order valence-corrected chi connectivity index (χ1v) is 11.3. The highest BCUT2D eigenvalue weighted by Gasteiger charge is 2.63. The number of carbonyl (C=O) groups excluding carboxylic acids is 2. The Kier molecular flexibility index (Phi) is 5.35. The second-order valence-electron chi connectivity index (χ2n) is 9.34. The third-order valence-corrected chi connectivity index (χ3v) is 7.26. The second-order valence-corrected chi connectivity index (χ2v) is 9.34. The predicted octanol–water partition coefficient (Wildman–Crippen LogP) is 4.20. The quantitative estimate of drug-likeness (QED) is 0.669. The molecular weight excluding hydrogens is 449 g/mol. The Balaban J connectivity index is 1.35. The van der Waals surface area contributed by atoms with Gasteiger partial charge in [0.25, 0.3) is 11.8 Å². The van der Waals surface area contributed by atoms with Gasteiger partial charge < -0.3 is 19.3 Å². The van der Waals surface area contributed by atoms with Gasteiger partial charge in [0.05, 0.1) is 18.7 Å². The Morgan fingerprint density at radius 3 is 2.38 bits per heavy atom. The molecule has 3 saturated heterocycles. The number of carbonyl (C=O) groups is 2. The van der Waals surface area contributed by atoms with Gasteiger partial charge in [-0.3, -0.25) is 9.59 Å². The molecule has 0 radical (unpaired) electrons. The van der Waals surface area contributed by atoms with E-state index in [0.29, 0.717) is 24.2 Å². The summed E-state index contributed by atoms with van der Waals surface area (Å²) in [5, 5.41) is 0. The van der Waals surface area contributed by atoms with Gasteiger partial charge in [0, 0.05) is 32.0 Å². The molecule has 0 saturated carbocycles. The number of amides is 2. The third-order valence-electron chi connectivity index (χ3n) is 7.26. The van der Waals surface area contributed by atoms with Gasteiger partial charge in [0.1, 0.15) is 28.9 Å². The van der Waals surface area contributed by atoms with E-state index in [-0.39, 0.29) is 37.4 Å². The fourth-order valence-electron chi connectivity index (χ4n) is 5.56. The number of ether oxygens (including phenoxy) is 2. The van der Waals surface area contributed by atoms with Crippen molar-refractivity contribution >= 4 is 11.8 Å². The molecule has 0 bridgehead atoms. The molecule has 2 aromatic carbocycles. The van der Waals surface area contributed by atoms with Crippen LogP contribution < -0.4 is 4.74 Å². The molecule has 1 spiro atoms. The number of nitrogens with zero attached hydrogens (tertiary/aromatic N) is 2. The maximum Gasteiger partial charge on any atom is 0.257 e. The number of hydrogen-bond donors (Lipinski definition) is 0. The van der Waals surface area contributed by atoms with Gasteiger partial charge in [0.15, 0.2) is 5.60 Å². The van der Waals surface area contributed by atoms with Crippen LogP contribution in [0.15, 0.2) is 36.4 Å². The van der Waals surface area contributed by atoms with E-state index in [1.54, 1.807) is 4.90 Å². The Morgan fingerprint density at radius 1 is 1.06 bits per heavy atom. The van der Waals surface area contributed by atoms with Crippen molar-refractivity contribution in [1.29, 1.82) is 0 Å². The standard InChI is InChI=1S/C25H25F3N2O4/c1-24-6-5-21(15-11-16(26)13-17(27)12-15)30(24)23(32)25(34-24)7-9-29(10-8-25)22(31)19-14-18(33-2)3-4-20(19)28/h3-4,11-14,21H,5-10H2,1-2H3/t21-,24+/m0/s1. The smallest absolute Gasteiger partial charge is 0.257 e. The van der Waals surface area contributed by atoms with Crippen LogP contribution in [0.1, 0.15) is 54.6 Å². The molecule has 3 aliphatic heterocycles. The van der Waals surface area contributed by atoms with E-state index in [1.807, 2.05) is 6.92 Å². The van der Waals surface area contributed by atoms with Crippen molar-refractivity contribution < 1.29 is 32.2 Å². The number of hydrogen-bond acceptors (Lipinski definition) is 4. The number of piperidine rings is 1. The van der Waals surface area contributed by atoms with E-state index < -0.39 is 40.7 Å². The molecule has 3 heterocycles. The van der Waals surface area contributed by atoms with Gasteiger partial charge in [-0.05, 0) is 55.7 Å². The van der Waals surface area contributed by atoms with Gasteiger partial charge in [-0.15, -0.1) is 0 Å². The first-order chi connectivity index (χ1) is 16.2. The number of halogens is 3. The number of fused-ring (bicyclic) bond motifs is 1. The molecule has 0 unspecified atom stereocenters. The monoisotopic (exact) mass is 474 g/mol. The summed E-state index contributed by atoms with van der Waals surface area (Å²) in [5.74, 6) is -2.36. The summed E-state index contributed by atoms with van der Waals surface area (Å²) >= 11 is 0. The SMILES string of the molecule is COc1ccc(F)c(C(=O)N2CCC3(CC2)O[C@]2(C)CC[C@@H](c4cc(F)cc(F)c4)N2C3=O)c1. The highest BCUT2D eigenvalue weighted by atomic mass is 19.1. The zero-order valence-electron chi connectivity index (χ0n) is 18.9. The lowest BCUT2D eigenvalue weighted by Crippen LogP contribution is -2.51. The van der Waals surface area contributed by atoms with E-state index in [4.69, 9.17) is 9.47 Å². The van der Waals surface area contributed by atoms with Crippen LogP contribution in [0.3, 0.4) is 0 Å². The van der Waals surface area contributed by atoms with Crippen molar-refractivity contribution in [2.45, 2.75) is 50.0 Å². The normalized spacial score (nSPS) is 25.7. The molecule has 9 heteroatoms. The number of methoxy groups -OCH3 is 1. The molecule has 0 aromatic heterocycles. The summed E-state index contributed by atoms with van der Waals surface area (Å²) in [6.07, 6.45) is 1.56. The zero-order chi connectivity index (χ0) is 24.3. The van der Waals surface area contributed by atoms with Crippen LogP contribution >= 0.6 is 0 Å². The van der Waals surface area contributed by atoms with Crippen LogP contribution in [0.2, 0.25) is 0 Å². The third kappa shape index (κ3) is 3.53. The summed E-state index contributed by atoms with van der Waals surface area (Å²) in [6, 6.07) is 6.80. The van der Waals surface area contributed by atoms with Gasteiger partial charge in [-0.1, -0.05) is 0 Å². The van der Waals surface area contributed by atoms with Crippen molar-refractivity contribution in [2.75, 3.05) is 20.2 Å². The Bertz CT molecular complexity index is 1140. The lowest BCUT2D eigenvalue weighted by molar-refractivity contribution is -0.148. The molecule has 2 aromatic rings. The summed E-state index contributed by atoms with van der Waals surface area (Å²) in [7, 11) is 1.44. The topological polar surface area (TPSA) is 59.1 Å². The molecule has 0 aliphatic carbocycles. The molecule has 34 heavy (non-hydrogen) atoms. The molecule has 6 nitrogen and oxygen atoms in total. The van der Waals surface area contributed by atoms with Crippen LogP contribution in [-0.4, -0.2) is 53.1 Å². The first kappa shape index (κ1) is 22.7. The summed E-state index contributed by atoms with van der Waals surface area (Å²) in [4.78, 5) is 29.7. The summed E-state index contributed by atoms with van der Waals surface area (Å²) in [5.41, 5.74) is -1.70. The fraction of sp³-hybridized carbons (Fsp3) is 0.440. The largest absolute Gasteiger partial charge is 0.497 e. The number of rotatable bonds is 3. The molecular formula is C25H25F3N2O4. The van der Waals surface area contributed by atoms with Crippen LogP contribution in [-0.2, 0) is 9.53 Å². The Hall–Kier alpha value is -3.07. The van der Waals surface area contributed by atoms with Gasteiger partial charge in [0.2, 0.25) is 0 Å². The maximum atomic E-state index is 14.3. The zero-order valence-corrected chi connectivity index (χ0v) is 18.9. The van der Waals surface area contributed by atoms with Crippen molar-refractivity contribution in [3.8, 4) is 5.75 Å². The minimum Gasteiger partial charge on any atom is -0.497 e. The second kappa shape index (κ2) is 8.01. The van der Waals surface area contributed by atoms with Crippen LogP contribution in [0.5, 0.6) is 5.75 Å². The van der Waals surface area contributed by atoms with Crippen molar-refractivity contribution in [1.82, 2.24) is 9.80 Å². The first-order valence-electron chi connectivity index (χ1n) is 11.3. The van der Waals surface area contributed by atoms with Gasteiger partial charge in [-0.2, -0.15) is 0 Å². The van der Waals surface area contributed by atoms with Crippen LogP contribution in [0.4, 0.5) is 13.2 Å². The summed E-state index contributed by atoms with van der Waals surface area (Å²) < 4.78 is 53.5. The molecule has 2 amide bonds. The minimum atomic E-state index is -1.12. The Morgan fingerprint density at radius 2 is 1.74 bits per heavy atom. The predicted molar refractivity (Wildman–Crippen MR) is 115 cm³/mol. The van der Waals surface area contributed by atoms with Gasteiger partial charge >= 0.3 is 0 Å². The van der Waals surface area contributed by atoms with E-state index in [1.165, 1.54) is 42.3 Å². The van der Waals surface area contributed by atoms with Crippen molar-refractivity contribution in [3.63, 3.8) is 0 Å². The average Bonchev–Trinajstić information content (AvgIpc) is 3.24. The molecule has 180 valence electrons. The molecule has 3 aliphatic rings. The molecule has 2 atom stereocenters. The van der Waals surface area contributed by atoms with E-state index in [2.05, 4.69) is 0 Å². The van der Waals surface area contributed by atoms with E-state index in [9.17, 15) is 22.8 Å². The van der Waals surface area contributed by atoms with E-state index in [0.717, 1.165) is 6.07 Å². The van der Waals surface area contributed by atoms with Gasteiger partial charge in [-0.25, -0.2) is 13.2 Å². The summed E-state index contributed by atoms with van der Waals surface area (Å²) in [6.45, 7) is 2.24. The lowest BCUT2D eigenvalue weighted by Gasteiger charge is -2.38. The molecule has 5 rings (SSSR count). The molecule has 0 N–H and O–H groups in total. The highest BCUT2D eigenvalue weighted by molar-refractivity contribution is 5.95. The maximum absolute atomic E-state index is 14.3. The number of benzene rings is 2. The molecule has 3 fully saturated rings.